The van der Waals surface area contributed by atoms with Gasteiger partial charge in [-0.05, 0) is 24.8 Å². The van der Waals surface area contributed by atoms with Crippen LogP contribution in [0.5, 0.6) is 0 Å². The summed E-state index contributed by atoms with van der Waals surface area (Å²) in [6.45, 7) is 4.08. The predicted octanol–water partition coefficient (Wildman–Crippen LogP) is 2.87. The van der Waals surface area contributed by atoms with Crippen molar-refractivity contribution < 1.29 is 9.45 Å². The molecule has 2 nitrogen and oxygen atoms in total. The summed E-state index contributed by atoms with van der Waals surface area (Å²) in [7, 11) is 0. The number of hydrogen-bond donors (Lipinski definition) is 0. The Balaban J connectivity index is 2.59. The van der Waals surface area contributed by atoms with Crippen LogP contribution in [0.3, 0.4) is 0 Å². The van der Waals surface area contributed by atoms with Crippen LogP contribution in [0.2, 0.25) is 12.6 Å². The number of rotatable bonds is 4. The van der Waals surface area contributed by atoms with Gasteiger partial charge < -0.3 is 4.65 Å². The van der Waals surface area contributed by atoms with E-state index in [1.165, 1.54) is 0 Å². The first-order valence-electron chi connectivity index (χ1n) is 5.04. The third-order valence-corrected chi connectivity index (χ3v) is 2.19. The van der Waals surface area contributed by atoms with Gasteiger partial charge in [0, 0.05) is 0 Å². The zero-order chi connectivity index (χ0) is 10.4. The van der Waals surface area contributed by atoms with E-state index in [0.717, 1.165) is 12.6 Å². The highest BCUT2D eigenvalue weighted by atomic mass is 16.5. The fourth-order valence-electron chi connectivity index (χ4n) is 1.25. The molecule has 0 N–H and O–H groups in total. The van der Waals surface area contributed by atoms with Gasteiger partial charge in [-0.25, -0.2) is 4.79 Å². The van der Waals surface area contributed by atoms with Crippen LogP contribution < -0.4 is 0 Å². The molecule has 0 bridgehead atoms. The average molecular weight is 190 g/mol. The van der Waals surface area contributed by atoms with Crippen LogP contribution in [0.4, 0.5) is 0 Å². The van der Waals surface area contributed by atoms with Crippen molar-refractivity contribution >= 4 is 12.9 Å². The highest BCUT2D eigenvalue weighted by Crippen LogP contribution is 2.06. The minimum Gasteiger partial charge on any atom is -0.533 e. The molecule has 0 aliphatic heterocycles. The summed E-state index contributed by atoms with van der Waals surface area (Å²) in [5.74, 6) is -0.223. The highest BCUT2D eigenvalue weighted by molar-refractivity contribution is 6.53. The lowest BCUT2D eigenvalue weighted by Gasteiger charge is -2.10. The van der Waals surface area contributed by atoms with Crippen molar-refractivity contribution in [1.29, 1.82) is 0 Å². The smallest absolute Gasteiger partial charge is 0.361 e. The molecule has 0 spiro atoms. The Morgan fingerprint density at radius 1 is 1.21 bits per heavy atom. The Kier molecular flexibility index (Phi) is 4.24. The maximum Gasteiger partial charge on any atom is 0.361 e. The second-order valence-corrected chi connectivity index (χ2v) is 3.21. The topological polar surface area (TPSA) is 26.3 Å². The molecule has 0 aromatic heterocycles. The van der Waals surface area contributed by atoms with E-state index < -0.39 is 0 Å². The fraction of sp³-hybridized carbons (Fsp3) is 0.364. The van der Waals surface area contributed by atoms with Crippen LogP contribution >= 0.6 is 0 Å². The SMILES string of the molecule is CCB(CC)OC(=O)c1ccccc1. The minimum atomic E-state index is -0.223. The van der Waals surface area contributed by atoms with Gasteiger partial charge in [-0.3, -0.25) is 0 Å². The zero-order valence-electron chi connectivity index (χ0n) is 8.69. The molecule has 1 rings (SSSR count). The Morgan fingerprint density at radius 2 is 1.79 bits per heavy atom. The molecule has 0 radical (unpaired) electrons. The van der Waals surface area contributed by atoms with Crippen molar-refractivity contribution in [2.45, 2.75) is 26.5 Å². The summed E-state index contributed by atoms with van der Waals surface area (Å²) in [5, 5.41) is 0. The van der Waals surface area contributed by atoms with Gasteiger partial charge in [0.2, 0.25) is 0 Å². The van der Waals surface area contributed by atoms with Crippen LogP contribution in [-0.4, -0.2) is 12.9 Å². The molecule has 0 amide bonds. The van der Waals surface area contributed by atoms with Crippen LogP contribution in [-0.2, 0) is 4.65 Å². The first kappa shape index (κ1) is 10.8. The summed E-state index contributed by atoms with van der Waals surface area (Å²) in [6, 6.07) is 9.09. The van der Waals surface area contributed by atoms with E-state index in [9.17, 15) is 4.79 Å². The molecule has 3 heteroatoms. The van der Waals surface area contributed by atoms with Crippen LogP contribution in [0.15, 0.2) is 30.3 Å². The third kappa shape index (κ3) is 2.91. The number of carbonyl (C=O) groups is 1. The van der Waals surface area contributed by atoms with Crippen LogP contribution in [0.25, 0.3) is 0 Å². The monoisotopic (exact) mass is 190 g/mol. The van der Waals surface area contributed by atoms with Gasteiger partial charge in [0.1, 0.15) is 0 Å². The molecule has 14 heavy (non-hydrogen) atoms. The van der Waals surface area contributed by atoms with Gasteiger partial charge >= 0.3 is 12.9 Å². The first-order valence-corrected chi connectivity index (χ1v) is 5.04. The lowest BCUT2D eigenvalue weighted by molar-refractivity contribution is 0.0731. The fourth-order valence-corrected chi connectivity index (χ4v) is 1.25. The lowest BCUT2D eigenvalue weighted by atomic mass is 9.62. The number of hydrogen-bond acceptors (Lipinski definition) is 2. The summed E-state index contributed by atoms with van der Waals surface area (Å²) >= 11 is 0. The van der Waals surface area contributed by atoms with Crippen molar-refractivity contribution in [1.82, 2.24) is 0 Å². The van der Waals surface area contributed by atoms with Crippen molar-refractivity contribution in [3.05, 3.63) is 35.9 Å². The summed E-state index contributed by atoms with van der Waals surface area (Å²) in [6.07, 6.45) is 1.74. The Hall–Kier alpha value is -1.25. The Bertz CT molecular complexity index is 281. The van der Waals surface area contributed by atoms with E-state index >= 15 is 0 Å². The summed E-state index contributed by atoms with van der Waals surface area (Å²) in [4.78, 5) is 11.6. The highest BCUT2D eigenvalue weighted by Gasteiger charge is 2.16. The molecule has 0 aliphatic rings. The molecular weight excluding hydrogens is 175 g/mol. The van der Waals surface area contributed by atoms with Crippen molar-refractivity contribution in [3.8, 4) is 0 Å². The standard InChI is InChI=1S/C11H15BO2/c1-3-12(4-2)14-11(13)10-8-6-5-7-9-10/h5-9H,3-4H2,1-2H3. The summed E-state index contributed by atoms with van der Waals surface area (Å²) < 4.78 is 5.30. The normalized spacial score (nSPS) is 9.57. The minimum absolute atomic E-state index is 0.0442. The van der Waals surface area contributed by atoms with E-state index in [1.807, 2.05) is 32.0 Å². The van der Waals surface area contributed by atoms with Crippen molar-refractivity contribution in [2.75, 3.05) is 0 Å². The molecule has 0 fully saturated rings. The van der Waals surface area contributed by atoms with Crippen molar-refractivity contribution in [2.24, 2.45) is 0 Å². The second kappa shape index (κ2) is 5.48. The van der Waals surface area contributed by atoms with Crippen LogP contribution in [0.1, 0.15) is 24.2 Å². The van der Waals surface area contributed by atoms with E-state index in [-0.39, 0.29) is 12.9 Å². The maximum atomic E-state index is 11.6. The molecular formula is C11H15BO2. The molecule has 0 unspecified atom stereocenters. The Morgan fingerprint density at radius 3 is 2.29 bits per heavy atom. The van der Waals surface area contributed by atoms with Gasteiger partial charge in [0.25, 0.3) is 0 Å². The second-order valence-electron chi connectivity index (χ2n) is 3.21. The number of benzene rings is 1. The molecule has 0 heterocycles. The van der Waals surface area contributed by atoms with Gasteiger partial charge in [-0.2, -0.15) is 0 Å². The van der Waals surface area contributed by atoms with E-state index in [4.69, 9.17) is 4.65 Å². The summed E-state index contributed by atoms with van der Waals surface area (Å²) in [5.41, 5.74) is 0.624. The van der Waals surface area contributed by atoms with E-state index in [1.54, 1.807) is 12.1 Å². The average Bonchev–Trinajstić information content (AvgIpc) is 2.26. The number of carbonyl (C=O) groups excluding carboxylic acids is 1. The largest absolute Gasteiger partial charge is 0.533 e. The van der Waals surface area contributed by atoms with Crippen molar-refractivity contribution in [3.63, 3.8) is 0 Å². The molecule has 0 atom stereocenters. The molecule has 1 aromatic carbocycles. The van der Waals surface area contributed by atoms with Gasteiger partial charge in [0.15, 0.2) is 0 Å². The van der Waals surface area contributed by atoms with Gasteiger partial charge in [0.05, 0.1) is 5.56 Å². The van der Waals surface area contributed by atoms with Gasteiger partial charge in [-0.15, -0.1) is 0 Å². The molecule has 1 aromatic rings. The lowest BCUT2D eigenvalue weighted by Crippen LogP contribution is -2.20. The predicted molar refractivity (Wildman–Crippen MR) is 58.6 cm³/mol. The van der Waals surface area contributed by atoms with Gasteiger partial charge in [-0.1, -0.05) is 32.0 Å². The zero-order valence-corrected chi connectivity index (χ0v) is 8.69. The molecule has 0 saturated heterocycles. The molecule has 74 valence electrons. The Labute approximate surface area is 85.4 Å². The van der Waals surface area contributed by atoms with E-state index in [2.05, 4.69) is 0 Å². The quantitative estimate of drug-likeness (QED) is 0.682. The molecule has 0 saturated carbocycles. The maximum absolute atomic E-state index is 11.6. The molecule has 0 aliphatic carbocycles. The van der Waals surface area contributed by atoms with Crippen LogP contribution in [0, 0.1) is 0 Å². The third-order valence-electron chi connectivity index (χ3n) is 2.19. The first-order chi connectivity index (χ1) is 6.77. The van der Waals surface area contributed by atoms with E-state index in [0.29, 0.717) is 5.56 Å².